The Hall–Kier alpha value is -2.21. The van der Waals surface area contributed by atoms with Crippen molar-refractivity contribution in [2.24, 2.45) is 0 Å². The van der Waals surface area contributed by atoms with Gasteiger partial charge in [0.1, 0.15) is 17.5 Å². The summed E-state index contributed by atoms with van der Waals surface area (Å²) in [6.07, 6.45) is 7.25. The average molecular weight is 327 g/mol. The van der Waals surface area contributed by atoms with Gasteiger partial charge < -0.3 is 9.55 Å². The number of nitrogens with zero attached hydrogens (tertiary/aromatic N) is 4. The zero-order valence-corrected chi connectivity index (χ0v) is 13.9. The Morgan fingerprint density at radius 1 is 1.33 bits per heavy atom. The smallest absolute Gasteiger partial charge is 0.125 e. The lowest BCUT2D eigenvalue weighted by molar-refractivity contribution is 0.242. The van der Waals surface area contributed by atoms with Gasteiger partial charge in [0, 0.05) is 25.5 Å². The van der Waals surface area contributed by atoms with E-state index in [9.17, 15) is 4.39 Å². The van der Waals surface area contributed by atoms with Gasteiger partial charge in [-0.05, 0) is 50.9 Å². The van der Waals surface area contributed by atoms with Gasteiger partial charge in [-0.15, -0.1) is 0 Å². The van der Waals surface area contributed by atoms with E-state index >= 15 is 0 Å². The molecule has 0 radical (unpaired) electrons. The molecule has 1 saturated heterocycles. The summed E-state index contributed by atoms with van der Waals surface area (Å²) in [5.41, 5.74) is 1.62. The number of nitrogens with one attached hydrogen (secondary N) is 1. The molecule has 5 nitrogen and oxygen atoms in total. The van der Waals surface area contributed by atoms with Crippen molar-refractivity contribution in [2.75, 3.05) is 13.1 Å². The van der Waals surface area contributed by atoms with Crippen molar-refractivity contribution in [2.45, 2.75) is 38.8 Å². The molecule has 0 unspecified atom stereocenters. The standard InChI is InChI=1S/C18H22FN5/c1-13-20-7-11-23(13)9-3-10-24-8-2-4-17(24)18-21-15-6-5-14(19)12-16(15)22-18/h5-7,11-12,17H,2-4,8-10H2,1H3,(H,21,22)/t17-/m0/s1. The monoisotopic (exact) mass is 327 g/mol. The molecule has 1 aliphatic rings. The van der Waals surface area contributed by atoms with Gasteiger partial charge in [0.15, 0.2) is 0 Å². The van der Waals surface area contributed by atoms with Gasteiger partial charge in [-0.3, -0.25) is 4.90 Å². The summed E-state index contributed by atoms with van der Waals surface area (Å²) in [7, 11) is 0. The van der Waals surface area contributed by atoms with E-state index in [1.807, 2.05) is 19.3 Å². The van der Waals surface area contributed by atoms with Crippen LogP contribution >= 0.6 is 0 Å². The molecule has 0 saturated carbocycles. The van der Waals surface area contributed by atoms with Gasteiger partial charge in [0.05, 0.1) is 17.1 Å². The molecule has 1 aliphatic heterocycles. The molecule has 2 aromatic heterocycles. The van der Waals surface area contributed by atoms with Crippen LogP contribution in [-0.4, -0.2) is 37.5 Å². The van der Waals surface area contributed by atoms with Crippen LogP contribution in [0.4, 0.5) is 4.39 Å². The van der Waals surface area contributed by atoms with E-state index in [0.29, 0.717) is 6.04 Å². The minimum Gasteiger partial charge on any atom is -0.341 e. The molecule has 4 rings (SSSR count). The number of H-pyrrole nitrogens is 1. The highest BCUT2D eigenvalue weighted by molar-refractivity contribution is 5.75. The molecule has 3 heterocycles. The van der Waals surface area contributed by atoms with Crippen molar-refractivity contribution in [3.8, 4) is 0 Å². The SMILES string of the molecule is Cc1nccn1CCCN1CCC[C@H]1c1nc2ccc(F)cc2[nH]1. The molecule has 0 bridgehead atoms. The van der Waals surface area contributed by atoms with E-state index in [0.717, 1.165) is 55.2 Å². The number of rotatable bonds is 5. The minimum atomic E-state index is -0.225. The van der Waals surface area contributed by atoms with Crippen LogP contribution in [-0.2, 0) is 6.54 Å². The fraction of sp³-hybridized carbons (Fsp3) is 0.444. The third kappa shape index (κ3) is 2.94. The molecule has 0 aliphatic carbocycles. The first-order valence-corrected chi connectivity index (χ1v) is 8.57. The summed E-state index contributed by atoms with van der Waals surface area (Å²) in [6.45, 7) is 5.15. The number of likely N-dealkylation sites (tertiary alicyclic amines) is 1. The summed E-state index contributed by atoms with van der Waals surface area (Å²) in [6, 6.07) is 5.04. The summed E-state index contributed by atoms with van der Waals surface area (Å²) in [5.74, 6) is 1.80. The van der Waals surface area contributed by atoms with E-state index in [1.165, 1.54) is 18.6 Å². The highest BCUT2D eigenvalue weighted by atomic mass is 19.1. The lowest BCUT2D eigenvalue weighted by Crippen LogP contribution is -2.26. The van der Waals surface area contributed by atoms with E-state index < -0.39 is 0 Å². The zero-order chi connectivity index (χ0) is 16.5. The Balaban J connectivity index is 1.44. The van der Waals surface area contributed by atoms with Crippen LogP contribution in [0.15, 0.2) is 30.6 Å². The molecular formula is C18H22FN5. The Labute approximate surface area is 140 Å². The van der Waals surface area contributed by atoms with Crippen molar-refractivity contribution >= 4 is 11.0 Å². The predicted octanol–water partition coefficient (Wildman–Crippen LogP) is 3.43. The van der Waals surface area contributed by atoms with Crippen molar-refractivity contribution in [3.63, 3.8) is 0 Å². The third-order valence-electron chi connectivity index (χ3n) is 4.91. The first kappa shape index (κ1) is 15.3. The Kier molecular flexibility index (Phi) is 4.06. The second-order valence-corrected chi connectivity index (χ2v) is 6.50. The number of imidazole rings is 2. The molecule has 24 heavy (non-hydrogen) atoms. The molecule has 6 heteroatoms. The van der Waals surface area contributed by atoms with Gasteiger partial charge in [0.2, 0.25) is 0 Å². The lowest BCUT2D eigenvalue weighted by atomic mass is 10.2. The quantitative estimate of drug-likeness (QED) is 0.781. The number of aromatic amines is 1. The van der Waals surface area contributed by atoms with Gasteiger partial charge in [-0.1, -0.05) is 0 Å². The van der Waals surface area contributed by atoms with Crippen molar-refractivity contribution in [1.29, 1.82) is 0 Å². The van der Waals surface area contributed by atoms with Crippen molar-refractivity contribution < 1.29 is 4.39 Å². The predicted molar refractivity (Wildman–Crippen MR) is 91.2 cm³/mol. The summed E-state index contributed by atoms with van der Waals surface area (Å²) < 4.78 is 15.6. The number of halogens is 1. The number of hydrogen-bond donors (Lipinski definition) is 1. The molecule has 1 atom stereocenters. The van der Waals surface area contributed by atoms with Crippen LogP contribution in [0.2, 0.25) is 0 Å². The summed E-state index contributed by atoms with van der Waals surface area (Å²) in [4.78, 5) is 14.7. The molecule has 126 valence electrons. The largest absolute Gasteiger partial charge is 0.341 e. The van der Waals surface area contributed by atoms with Crippen LogP contribution in [0.5, 0.6) is 0 Å². The van der Waals surface area contributed by atoms with Gasteiger partial charge in [-0.2, -0.15) is 0 Å². The van der Waals surface area contributed by atoms with Gasteiger partial charge >= 0.3 is 0 Å². The maximum absolute atomic E-state index is 13.4. The second kappa shape index (κ2) is 6.36. The highest BCUT2D eigenvalue weighted by Crippen LogP contribution is 2.31. The molecule has 1 aromatic carbocycles. The van der Waals surface area contributed by atoms with E-state index in [4.69, 9.17) is 0 Å². The van der Waals surface area contributed by atoms with Crippen LogP contribution < -0.4 is 0 Å². The Morgan fingerprint density at radius 3 is 3.08 bits per heavy atom. The van der Waals surface area contributed by atoms with Crippen LogP contribution in [0, 0.1) is 12.7 Å². The molecule has 3 aromatic rings. The van der Waals surface area contributed by atoms with Gasteiger partial charge in [-0.25, -0.2) is 14.4 Å². The molecule has 1 N–H and O–H groups in total. The maximum atomic E-state index is 13.4. The summed E-state index contributed by atoms with van der Waals surface area (Å²) in [5, 5.41) is 0. The van der Waals surface area contributed by atoms with E-state index in [1.54, 1.807) is 6.07 Å². The fourth-order valence-electron chi connectivity index (χ4n) is 3.65. The zero-order valence-electron chi connectivity index (χ0n) is 13.9. The molecular weight excluding hydrogens is 305 g/mol. The number of aryl methyl sites for hydroxylation is 2. The first-order valence-electron chi connectivity index (χ1n) is 8.57. The maximum Gasteiger partial charge on any atom is 0.125 e. The van der Waals surface area contributed by atoms with E-state index in [2.05, 4.69) is 24.4 Å². The van der Waals surface area contributed by atoms with Gasteiger partial charge in [0.25, 0.3) is 0 Å². The number of benzene rings is 1. The topological polar surface area (TPSA) is 49.7 Å². The van der Waals surface area contributed by atoms with Crippen molar-refractivity contribution in [3.05, 3.63) is 48.1 Å². The Bertz CT molecular complexity index is 837. The minimum absolute atomic E-state index is 0.225. The molecule has 1 fully saturated rings. The van der Waals surface area contributed by atoms with Crippen LogP contribution in [0.1, 0.15) is 37.0 Å². The third-order valence-corrected chi connectivity index (χ3v) is 4.91. The van der Waals surface area contributed by atoms with Crippen molar-refractivity contribution in [1.82, 2.24) is 24.4 Å². The average Bonchev–Trinajstić information content (AvgIpc) is 3.27. The molecule has 0 spiro atoms. The number of hydrogen-bond acceptors (Lipinski definition) is 3. The second-order valence-electron chi connectivity index (χ2n) is 6.50. The van der Waals surface area contributed by atoms with Crippen LogP contribution in [0.25, 0.3) is 11.0 Å². The van der Waals surface area contributed by atoms with Crippen LogP contribution in [0.3, 0.4) is 0 Å². The Morgan fingerprint density at radius 2 is 2.25 bits per heavy atom. The number of fused-ring (bicyclic) bond motifs is 1. The highest BCUT2D eigenvalue weighted by Gasteiger charge is 2.28. The fourth-order valence-corrected chi connectivity index (χ4v) is 3.65. The lowest BCUT2D eigenvalue weighted by Gasteiger charge is -2.22. The van der Waals surface area contributed by atoms with E-state index in [-0.39, 0.29) is 5.82 Å². The summed E-state index contributed by atoms with van der Waals surface area (Å²) >= 11 is 0. The molecule has 0 amide bonds. The number of aromatic nitrogens is 4. The first-order chi connectivity index (χ1) is 11.7. The normalized spacial score (nSPS) is 18.7.